The van der Waals surface area contributed by atoms with Crippen LogP contribution >= 0.6 is 0 Å². The Morgan fingerprint density at radius 2 is 1.86 bits per heavy atom. The maximum Gasteiger partial charge on any atom is 0.261 e. The van der Waals surface area contributed by atoms with Crippen LogP contribution in [-0.2, 0) is 10.0 Å². The Balaban J connectivity index is 2.18. The second kappa shape index (κ2) is 6.58. The molecule has 1 aromatic heterocycles. The normalized spacial score (nSPS) is 11.1. The van der Waals surface area contributed by atoms with Crippen molar-refractivity contribution in [2.45, 2.75) is 25.2 Å². The lowest BCUT2D eigenvalue weighted by Crippen LogP contribution is -2.14. The molecule has 0 saturated heterocycles. The van der Waals surface area contributed by atoms with E-state index in [-0.39, 0.29) is 4.90 Å². The first kappa shape index (κ1) is 15.3. The molecule has 0 fully saturated rings. The fourth-order valence-electron chi connectivity index (χ4n) is 1.82. The molecule has 0 bridgehead atoms. The molecular formula is C15H19N3O2S. The van der Waals surface area contributed by atoms with Gasteiger partial charge in [-0.25, -0.2) is 8.42 Å². The molecule has 0 spiro atoms. The Kier molecular flexibility index (Phi) is 4.80. The van der Waals surface area contributed by atoms with Gasteiger partial charge in [0.15, 0.2) is 0 Å². The standard InChI is InChI=1S/C15H19N3O2S/c1-3-10-17-13-6-8-14(9-7-13)21(19,20)18-15-5-4-11-16-12(15)2/h4-9,11,17-18H,3,10H2,1-2H3. The summed E-state index contributed by atoms with van der Waals surface area (Å²) in [6.45, 7) is 4.70. The molecule has 5 nitrogen and oxygen atoms in total. The third-order valence-corrected chi connectivity index (χ3v) is 4.38. The minimum absolute atomic E-state index is 0.229. The summed E-state index contributed by atoms with van der Waals surface area (Å²) in [5, 5.41) is 3.21. The lowest BCUT2D eigenvalue weighted by Gasteiger charge is -2.10. The minimum Gasteiger partial charge on any atom is -0.385 e. The summed E-state index contributed by atoms with van der Waals surface area (Å²) >= 11 is 0. The molecule has 2 aromatic rings. The zero-order valence-electron chi connectivity index (χ0n) is 12.1. The first-order valence-electron chi connectivity index (χ1n) is 6.81. The highest BCUT2D eigenvalue weighted by Crippen LogP contribution is 2.19. The number of hydrogen-bond acceptors (Lipinski definition) is 4. The van der Waals surface area contributed by atoms with Crippen LogP contribution in [0.4, 0.5) is 11.4 Å². The largest absolute Gasteiger partial charge is 0.385 e. The first-order valence-corrected chi connectivity index (χ1v) is 8.29. The van der Waals surface area contributed by atoms with Gasteiger partial charge in [-0.1, -0.05) is 6.92 Å². The zero-order chi connectivity index (χ0) is 15.3. The van der Waals surface area contributed by atoms with Crippen LogP contribution in [0.25, 0.3) is 0 Å². The second-order valence-electron chi connectivity index (χ2n) is 4.69. The lowest BCUT2D eigenvalue weighted by molar-refractivity contribution is 0.601. The number of sulfonamides is 1. The van der Waals surface area contributed by atoms with Gasteiger partial charge in [0.2, 0.25) is 0 Å². The highest BCUT2D eigenvalue weighted by molar-refractivity contribution is 7.92. The predicted molar refractivity (Wildman–Crippen MR) is 85.0 cm³/mol. The van der Waals surface area contributed by atoms with Crippen LogP contribution in [-0.4, -0.2) is 19.9 Å². The molecule has 0 unspecified atom stereocenters. The average Bonchev–Trinajstić information content (AvgIpc) is 2.48. The monoisotopic (exact) mass is 305 g/mol. The number of hydrogen-bond donors (Lipinski definition) is 2. The van der Waals surface area contributed by atoms with E-state index >= 15 is 0 Å². The Morgan fingerprint density at radius 3 is 2.48 bits per heavy atom. The molecule has 0 saturated carbocycles. The van der Waals surface area contributed by atoms with Crippen molar-refractivity contribution >= 4 is 21.4 Å². The van der Waals surface area contributed by atoms with E-state index in [9.17, 15) is 8.42 Å². The summed E-state index contributed by atoms with van der Waals surface area (Å²) in [7, 11) is -3.59. The fourth-order valence-corrected chi connectivity index (χ4v) is 2.93. The topological polar surface area (TPSA) is 71.1 Å². The maximum atomic E-state index is 12.3. The summed E-state index contributed by atoms with van der Waals surface area (Å²) < 4.78 is 27.2. The van der Waals surface area contributed by atoms with E-state index in [1.165, 1.54) is 0 Å². The fraction of sp³-hybridized carbons (Fsp3) is 0.267. The summed E-state index contributed by atoms with van der Waals surface area (Å²) in [6.07, 6.45) is 2.64. The van der Waals surface area contributed by atoms with Gasteiger partial charge in [0, 0.05) is 18.4 Å². The Bertz CT molecular complexity index is 697. The molecular weight excluding hydrogens is 286 g/mol. The molecule has 1 aromatic carbocycles. The van der Waals surface area contributed by atoms with Gasteiger partial charge < -0.3 is 5.32 Å². The molecule has 6 heteroatoms. The quantitative estimate of drug-likeness (QED) is 0.860. The zero-order valence-corrected chi connectivity index (χ0v) is 12.9. The van der Waals surface area contributed by atoms with Gasteiger partial charge in [0.05, 0.1) is 16.3 Å². The molecule has 0 aliphatic rings. The van der Waals surface area contributed by atoms with Gasteiger partial charge in [0.1, 0.15) is 0 Å². The first-order chi connectivity index (χ1) is 10.0. The van der Waals surface area contributed by atoms with Crippen LogP contribution < -0.4 is 10.0 Å². The van der Waals surface area contributed by atoms with Gasteiger partial charge in [0.25, 0.3) is 10.0 Å². The van der Waals surface area contributed by atoms with Crippen molar-refractivity contribution in [1.82, 2.24) is 4.98 Å². The number of pyridine rings is 1. The van der Waals surface area contributed by atoms with Crippen molar-refractivity contribution in [1.29, 1.82) is 0 Å². The van der Waals surface area contributed by atoms with Crippen LogP contribution in [0.15, 0.2) is 47.5 Å². The maximum absolute atomic E-state index is 12.3. The Morgan fingerprint density at radius 1 is 1.14 bits per heavy atom. The third kappa shape index (κ3) is 3.95. The van der Waals surface area contributed by atoms with Crippen LogP contribution in [0.3, 0.4) is 0 Å². The third-order valence-electron chi connectivity index (χ3n) is 2.99. The van der Waals surface area contributed by atoms with Gasteiger partial charge in [-0.05, 0) is 49.7 Å². The smallest absolute Gasteiger partial charge is 0.261 e. The summed E-state index contributed by atoms with van der Waals surface area (Å²) in [5.74, 6) is 0. The van der Waals surface area contributed by atoms with E-state index in [0.717, 1.165) is 18.7 Å². The number of nitrogens with zero attached hydrogens (tertiary/aromatic N) is 1. The van der Waals surface area contributed by atoms with E-state index in [2.05, 4.69) is 21.9 Å². The summed E-state index contributed by atoms with van der Waals surface area (Å²) in [6, 6.07) is 10.1. The molecule has 0 aliphatic carbocycles. The van der Waals surface area contributed by atoms with Gasteiger partial charge >= 0.3 is 0 Å². The number of nitrogens with one attached hydrogen (secondary N) is 2. The van der Waals surface area contributed by atoms with Crippen molar-refractivity contribution in [2.24, 2.45) is 0 Å². The van der Waals surface area contributed by atoms with E-state index < -0.39 is 10.0 Å². The van der Waals surface area contributed by atoms with Crippen molar-refractivity contribution in [2.75, 3.05) is 16.6 Å². The SMILES string of the molecule is CCCNc1ccc(S(=O)(=O)Nc2cccnc2C)cc1. The van der Waals surface area contributed by atoms with Crippen LogP contribution in [0, 0.1) is 6.92 Å². The second-order valence-corrected chi connectivity index (χ2v) is 6.38. The predicted octanol–water partition coefficient (Wildman–Crippen LogP) is 3.01. The summed E-state index contributed by atoms with van der Waals surface area (Å²) in [5.41, 5.74) is 2.04. The number of benzene rings is 1. The van der Waals surface area contributed by atoms with Gasteiger partial charge in [-0.2, -0.15) is 0 Å². The number of anilines is 2. The number of aryl methyl sites for hydroxylation is 1. The summed E-state index contributed by atoms with van der Waals surface area (Å²) in [4.78, 5) is 4.30. The Labute approximate surface area is 125 Å². The average molecular weight is 305 g/mol. The molecule has 2 N–H and O–H groups in total. The molecule has 112 valence electrons. The molecule has 0 radical (unpaired) electrons. The number of rotatable bonds is 6. The lowest BCUT2D eigenvalue weighted by atomic mass is 10.3. The van der Waals surface area contributed by atoms with Crippen LogP contribution in [0.2, 0.25) is 0 Å². The van der Waals surface area contributed by atoms with Crippen molar-refractivity contribution in [3.8, 4) is 0 Å². The molecule has 0 aliphatic heterocycles. The van der Waals surface area contributed by atoms with Gasteiger partial charge in [-0.15, -0.1) is 0 Å². The van der Waals surface area contributed by atoms with E-state index in [0.29, 0.717) is 11.4 Å². The molecule has 2 rings (SSSR count). The minimum atomic E-state index is -3.59. The molecule has 0 amide bonds. The molecule has 0 atom stereocenters. The van der Waals surface area contributed by atoms with Gasteiger partial charge in [-0.3, -0.25) is 9.71 Å². The highest BCUT2D eigenvalue weighted by atomic mass is 32.2. The molecule has 21 heavy (non-hydrogen) atoms. The van der Waals surface area contributed by atoms with Crippen LogP contribution in [0.1, 0.15) is 19.0 Å². The van der Waals surface area contributed by atoms with Crippen LogP contribution in [0.5, 0.6) is 0 Å². The van der Waals surface area contributed by atoms with E-state index in [4.69, 9.17) is 0 Å². The van der Waals surface area contributed by atoms with Crippen molar-refractivity contribution in [3.63, 3.8) is 0 Å². The Hall–Kier alpha value is -2.08. The molecule has 1 heterocycles. The van der Waals surface area contributed by atoms with Crippen molar-refractivity contribution < 1.29 is 8.42 Å². The van der Waals surface area contributed by atoms with Crippen molar-refractivity contribution in [3.05, 3.63) is 48.3 Å². The van der Waals surface area contributed by atoms with E-state index in [1.807, 2.05) is 0 Å². The highest BCUT2D eigenvalue weighted by Gasteiger charge is 2.15. The van der Waals surface area contributed by atoms with E-state index in [1.54, 1.807) is 49.5 Å². The number of aromatic nitrogens is 1.